The number of ketones is 1. The van der Waals surface area contributed by atoms with Crippen molar-refractivity contribution in [1.29, 1.82) is 0 Å². The number of carbonyl (C=O) groups excluding carboxylic acids is 1. The molecule has 0 N–H and O–H groups in total. The summed E-state index contributed by atoms with van der Waals surface area (Å²) in [7, 11) is 0. The van der Waals surface area contributed by atoms with Crippen LogP contribution in [0.15, 0.2) is 0 Å². The van der Waals surface area contributed by atoms with Crippen LogP contribution in [-0.2, 0) is 14.3 Å². The summed E-state index contributed by atoms with van der Waals surface area (Å²) in [6, 6.07) is 0. The minimum Gasteiger partial charge on any atom is -0.379 e. The molecule has 3 heteroatoms. The van der Waals surface area contributed by atoms with Crippen molar-refractivity contribution in [2.45, 2.75) is 142 Å². The maximum absolute atomic E-state index is 14.8. The van der Waals surface area contributed by atoms with E-state index in [4.69, 9.17) is 9.47 Å². The molecule has 3 nitrogen and oxygen atoms in total. The van der Waals surface area contributed by atoms with E-state index in [-0.39, 0.29) is 0 Å². The first-order valence-electron chi connectivity index (χ1n) is 15.5. The third-order valence-corrected chi connectivity index (χ3v) is 10.2. The molecule has 4 rings (SSSR count). The lowest BCUT2D eigenvalue weighted by atomic mass is 9.60. The van der Waals surface area contributed by atoms with Crippen molar-refractivity contribution in [3.05, 3.63) is 0 Å². The van der Waals surface area contributed by atoms with Crippen LogP contribution < -0.4 is 0 Å². The van der Waals surface area contributed by atoms with E-state index < -0.39 is 0 Å². The molecule has 34 heavy (non-hydrogen) atoms. The van der Waals surface area contributed by atoms with Gasteiger partial charge in [0.1, 0.15) is 5.78 Å². The fourth-order valence-corrected chi connectivity index (χ4v) is 8.61. The van der Waals surface area contributed by atoms with Crippen molar-refractivity contribution in [2.75, 3.05) is 13.2 Å². The topological polar surface area (TPSA) is 35.5 Å². The molecule has 0 aliphatic heterocycles. The average molecular weight is 475 g/mol. The molecule has 0 aromatic rings. The van der Waals surface area contributed by atoms with Crippen molar-refractivity contribution in [2.24, 2.45) is 35.5 Å². The lowest BCUT2D eigenvalue weighted by Gasteiger charge is -2.44. The second-order valence-electron chi connectivity index (χ2n) is 12.2. The number of Topliss-reactive ketones (excluding diaryl/α,β-unsaturated/α-hetero) is 1. The monoisotopic (exact) mass is 474 g/mol. The second-order valence-corrected chi connectivity index (χ2v) is 12.2. The van der Waals surface area contributed by atoms with Gasteiger partial charge in [-0.2, -0.15) is 0 Å². The van der Waals surface area contributed by atoms with Gasteiger partial charge in [-0.1, -0.05) is 38.5 Å². The van der Waals surface area contributed by atoms with Crippen LogP contribution in [0, 0.1) is 35.5 Å². The normalized spacial score (nSPS) is 33.9. The Balaban J connectivity index is 1.52. The maximum Gasteiger partial charge on any atom is 0.140 e. The molecule has 0 saturated heterocycles. The summed E-state index contributed by atoms with van der Waals surface area (Å²) in [6.45, 7) is 5.90. The Morgan fingerprint density at radius 1 is 0.529 bits per heavy atom. The molecule has 0 aromatic heterocycles. The van der Waals surface area contributed by atoms with Gasteiger partial charge in [-0.15, -0.1) is 0 Å². The van der Waals surface area contributed by atoms with Gasteiger partial charge in [0.05, 0.1) is 12.2 Å². The summed E-state index contributed by atoms with van der Waals surface area (Å²) in [5.41, 5.74) is 0. The molecule has 2 atom stereocenters. The minimum absolute atomic E-state index is 0.333. The fraction of sp³-hybridized carbons (Fsp3) is 0.968. The van der Waals surface area contributed by atoms with E-state index in [2.05, 4.69) is 13.8 Å². The Morgan fingerprint density at radius 3 is 1.18 bits per heavy atom. The molecule has 196 valence electrons. The van der Waals surface area contributed by atoms with Crippen LogP contribution in [0.1, 0.15) is 129 Å². The van der Waals surface area contributed by atoms with Gasteiger partial charge in [-0.05, 0) is 115 Å². The standard InChI is InChI=1S/C31H54O3/c1-3-33-27-19-15-25(16-20-27)29(23-11-7-5-8-12-23)31(32)30(24-13-9-6-10-14-24)26-17-21-28(22-18-26)34-4-2/h23-30H,3-22H2,1-2H3. The predicted molar refractivity (Wildman–Crippen MR) is 140 cm³/mol. The summed E-state index contributed by atoms with van der Waals surface area (Å²) < 4.78 is 12.0. The number of rotatable bonds is 10. The van der Waals surface area contributed by atoms with Gasteiger partial charge in [0.25, 0.3) is 0 Å². The van der Waals surface area contributed by atoms with E-state index in [1.165, 1.54) is 116 Å². The zero-order valence-corrected chi connectivity index (χ0v) is 22.5. The van der Waals surface area contributed by atoms with Gasteiger partial charge in [0.2, 0.25) is 0 Å². The first-order chi connectivity index (χ1) is 16.7. The SMILES string of the molecule is CCOC1CCC(C(C(=O)C(C2CCCCC2)C2CCC(OCC)CC2)C2CCCCC2)CC1. The number of ether oxygens (including phenoxy) is 2. The Bertz CT molecular complexity index is 525. The van der Waals surface area contributed by atoms with Gasteiger partial charge >= 0.3 is 0 Å². The highest BCUT2D eigenvalue weighted by atomic mass is 16.5. The van der Waals surface area contributed by atoms with Gasteiger partial charge in [0, 0.05) is 25.0 Å². The van der Waals surface area contributed by atoms with E-state index >= 15 is 0 Å². The molecule has 4 fully saturated rings. The van der Waals surface area contributed by atoms with Crippen molar-refractivity contribution in [3.63, 3.8) is 0 Å². The van der Waals surface area contributed by atoms with Crippen LogP contribution in [-0.4, -0.2) is 31.2 Å². The first kappa shape index (κ1) is 26.6. The Hall–Kier alpha value is -0.410. The van der Waals surface area contributed by atoms with Gasteiger partial charge in [-0.3, -0.25) is 4.79 Å². The summed E-state index contributed by atoms with van der Waals surface area (Å²) in [6.07, 6.45) is 23.7. The second kappa shape index (κ2) is 13.8. The molecule has 2 unspecified atom stereocenters. The molecule has 0 spiro atoms. The van der Waals surface area contributed by atoms with E-state index in [9.17, 15) is 4.79 Å². The molecule has 4 aliphatic rings. The van der Waals surface area contributed by atoms with Crippen molar-refractivity contribution >= 4 is 5.78 Å². The number of carbonyl (C=O) groups is 1. The summed E-state index contributed by atoms with van der Waals surface area (Å²) in [5.74, 6) is 3.93. The van der Waals surface area contributed by atoms with Gasteiger partial charge in [-0.25, -0.2) is 0 Å². The highest BCUT2D eigenvalue weighted by Gasteiger charge is 2.45. The average Bonchev–Trinajstić information content (AvgIpc) is 2.88. The molecule has 4 aliphatic carbocycles. The lowest BCUT2D eigenvalue weighted by molar-refractivity contribution is -0.138. The Labute approximate surface area is 210 Å². The van der Waals surface area contributed by atoms with E-state index in [0.717, 1.165) is 19.0 Å². The number of hydrogen-bond donors (Lipinski definition) is 0. The molecular weight excluding hydrogens is 420 g/mol. The smallest absolute Gasteiger partial charge is 0.140 e. The van der Waals surface area contributed by atoms with Crippen LogP contribution in [0.2, 0.25) is 0 Å². The van der Waals surface area contributed by atoms with Crippen molar-refractivity contribution in [1.82, 2.24) is 0 Å². The Morgan fingerprint density at radius 2 is 0.853 bits per heavy atom. The van der Waals surface area contributed by atoms with Crippen LogP contribution >= 0.6 is 0 Å². The third-order valence-electron chi connectivity index (χ3n) is 10.2. The molecular formula is C31H54O3. The fourth-order valence-electron chi connectivity index (χ4n) is 8.61. The van der Waals surface area contributed by atoms with Crippen LogP contribution in [0.4, 0.5) is 0 Å². The maximum atomic E-state index is 14.8. The first-order valence-corrected chi connectivity index (χ1v) is 15.5. The number of hydrogen-bond acceptors (Lipinski definition) is 3. The molecule has 0 aromatic carbocycles. The molecule has 0 bridgehead atoms. The largest absolute Gasteiger partial charge is 0.379 e. The highest BCUT2D eigenvalue weighted by Crippen LogP contribution is 2.47. The Kier molecular flexibility index (Phi) is 10.8. The quantitative estimate of drug-likeness (QED) is 0.320. The van der Waals surface area contributed by atoms with Gasteiger partial charge < -0.3 is 9.47 Å². The third kappa shape index (κ3) is 6.87. The van der Waals surface area contributed by atoms with E-state index in [1.54, 1.807) is 0 Å². The molecule has 0 heterocycles. The summed E-state index contributed by atoms with van der Waals surface area (Å²) in [4.78, 5) is 14.8. The zero-order chi connectivity index (χ0) is 23.8. The lowest BCUT2D eigenvalue weighted by Crippen LogP contribution is -2.44. The molecule has 0 radical (unpaired) electrons. The van der Waals surface area contributed by atoms with E-state index in [0.29, 0.717) is 47.7 Å². The molecule has 4 saturated carbocycles. The van der Waals surface area contributed by atoms with Crippen molar-refractivity contribution < 1.29 is 14.3 Å². The van der Waals surface area contributed by atoms with Gasteiger partial charge in [0.15, 0.2) is 0 Å². The van der Waals surface area contributed by atoms with Crippen LogP contribution in [0.3, 0.4) is 0 Å². The highest BCUT2D eigenvalue weighted by molar-refractivity contribution is 5.84. The van der Waals surface area contributed by atoms with Crippen molar-refractivity contribution in [3.8, 4) is 0 Å². The zero-order valence-electron chi connectivity index (χ0n) is 22.5. The van der Waals surface area contributed by atoms with E-state index in [1.807, 2.05) is 0 Å². The van der Waals surface area contributed by atoms with Crippen LogP contribution in [0.5, 0.6) is 0 Å². The summed E-state index contributed by atoms with van der Waals surface area (Å²) in [5, 5.41) is 0. The minimum atomic E-state index is 0.333. The predicted octanol–water partition coefficient (Wildman–Crippen LogP) is 8.14. The van der Waals surface area contributed by atoms with Crippen LogP contribution in [0.25, 0.3) is 0 Å². The molecule has 0 amide bonds. The summed E-state index contributed by atoms with van der Waals surface area (Å²) >= 11 is 0.